The summed E-state index contributed by atoms with van der Waals surface area (Å²) in [6.07, 6.45) is 0.921. The Labute approximate surface area is 553 Å². The second-order valence-electron chi connectivity index (χ2n) is 27.9. The molecule has 2 aliphatic carbocycles. The van der Waals surface area contributed by atoms with Crippen molar-refractivity contribution in [3.63, 3.8) is 0 Å². The van der Waals surface area contributed by atoms with Crippen molar-refractivity contribution < 1.29 is 89.9 Å². The molecule has 10 rings (SSSR count). The largest absolute Gasteiger partial charge is 0.464 e. The van der Waals surface area contributed by atoms with Crippen LogP contribution in [0.25, 0.3) is 11.0 Å². The molecule has 518 valence electrons. The maximum Gasteiger partial charge on any atom is 0.416 e. The zero-order chi connectivity index (χ0) is 68.1. The van der Waals surface area contributed by atoms with E-state index >= 15 is 0 Å². The number of nitrogens with zero attached hydrogens (tertiary/aromatic N) is 8. The number of halogens is 2. The second kappa shape index (κ2) is 28.1. The molecule has 8 heterocycles. The number of carbonyl (C=O) groups excluding carboxylic acids is 4. The van der Waals surface area contributed by atoms with Crippen LogP contribution in [0.5, 0.6) is 0 Å². The van der Waals surface area contributed by atoms with Gasteiger partial charge in [-0.3, -0.25) is 9.80 Å². The average molecular weight is 1390 g/mol. The molecule has 0 spiro atoms. The summed E-state index contributed by atoms with van der Waals surface area (Å²) in [6, 6.07) is 7.07. The van der Waals surface area contributed by atoms with Crippen molar-refractivity contribution in [2.75, 3.05) is 76.6 Å². The van der Waals surface area contributed by atoms with Crippen LogP contribution in [0.3, 0.4) is 0 Å². The highest BCUT2D eigenvalue weighted by molar-refractivity contribution is 7.65. The van der Waals surface area contributed by atoms with Crippen LogP contribution in [-0.4, -0.2) is 203 Å². The Balaban J connectivity index is 0.000000220. The van der Waals surface area contributed by atoms with Gasteiger partial charge in [0.2, 0.25) is 21.8 Å². The predicted octanol–water partition coefficient (Wildman–Crippen LogP) is 11.1. The summed E-state index contributed by atoms with van der Waals surface area (Å²) in [6.45, 7) is 27.0. The molecule has 4 aliphatic heterocycles. The number of aromatic nitrogens is 6. The van der Waals surface area contributed by atoms with Crippen LogP contribution in [-0.2, 0) is 80.3 Å². The lowest BCUT2D eigenvalue weighted by Gasteiger charge is -2.35. The molecule has 0 aromatic carbocycles. The number of hydrogen-bond donors (Lipinski definition) is 0. The van der Waals surface area contributed by atoms with E-state index in [-0.39, 0.29) is 55.7 Å². The molecule has 27 nitrogen and oxygen atoms in total. The van der Waals surface area contributed by atoms with Gasteiger partial charge in [-0.1, -0.05) is 25.7 Å². The molecule has 4 aromatic rings. The molecule has 6 aliphatic rings. The quantitative estimate of drug-likeness (QED) is 0.0451. The molecular weight excluding hydrogens is 1290 g/mol. The Morgan fingerprint density at radius 1 is 0.645 bits per heavy atom. The minimum Gasteiger partial charge on any atom is -0.464 e. The van der Waals surface area contributed by atoms with Gasteiger partial charge >= 0.3 is 24.1 Å². The number of ether oxygens (including phenoxy) is 13. The lowest BCUT2D eigenvalue weighted by atomic mass is 10.1. The highest BCUT2D eigenvalue weighted by Crippen LogP contribution is 2.55. The van der Waals surface area contributed by atoms with Gasteiger partial charge in [-0.2, -0.15) is 9.97 Å². The van der Waals surface area contributed by atoms with E-state index in [2.05, 4.69) is 20.2 Å². The highest BCUT2D eigenvalue weighted by atomic mass is 35.5. The molecule has 2 unspecified atom stereocenters. The van der Waals surface area contributed by atoms with E-state index in [0.29, 0.717) is 34.1 Å². The molecule has 10 atom stereocenters. The third kappa shape index (κ3) is 16.0. The first kappa shape index (κ1) is 72.7. The fourth-order valence-corrected chi connectivity index (χ4v) is 15.5. The standard InChI is InChI=1S/C32H48ClN4O10P.C30H44ClN4O9P/c1-10-42-27(38)32(18-41-7,48(8,9)40)43-17-22-24-25(46-31(5,6)45-24)23(44-22)20-15-16-21-26(34-28(33)35-37(20)21)36(19-13-11-12-14-19)29(39)47-30(2,3)4;1-9-39-25(36)26(45(7,8)38)40-16-20-22-23(43-30(5,6)42-22)21(41-20)18-14-15-19-24(32-27(31)33-35(18)19)34(17-12-10-11-13-17)28(37)44-29(2,3)4/h15-16,19,22-25H,10-14,17-18H2,1-9H3;14-15,17,20-23,26H,9-13,16H2,1-8H3/t22-,23-,24-,25+,32?;20-,21-,22-,23+,26?/m11/s1. The lowest BCUT2D eigenvalue weighted by molar-refractivity contribution is -0.200. The van der Waals surface area contributed by atoms with Gasteiger partial charge in [0.25, 0.3) is 0 Å². The Morgan fingerprint density at radius 2 is 1.05 bits per heavy atom. The van der Waals surface area contributed by atoms with E-state index < -0.39 is 121 Å². The zero-order valence-electron chi connectivity index (χ0n) is 56.3. The molecule has 0 N–H and O–H groups in total. The number of methoxy groups -OCH3 is 1. The minimum atomic E-state index is -3.29. The van der Waals surface area contributed by atoms with E-state index in [1.807, 2.05) is 79.7 Å². The summed E-state index contributed by atoms with van der Waals surface area (Å²) in [7, 11) is -4.92. The minimum absolute atomic E-state index is 0.0567. The molecule has 31 heteroatoms. The summed E-state index contributed by atoms with van der Waals surface area (Å²) < 4.78 is 107. The monoisotopic (exact) mass is 1380 g/mol. The first-order valence-electron chi connectivity index (χ1n) is 31.8. The van der Waals surface area contributed by atoms with Crippen molar-refractivity contribution in [1.29, 1.82) is 0 Å². The Kier molecular flexibility index (Phi) is 21.9. The van der Waals surface area contributed by atoms with E-state index in [9.17, 15) is 28.3 Å². The number of carbonyl (C=O) groups is 4. The maximum atomic E-state index is 13.6. The summed E-state index contributed by atoms with van der Waals surface area (Å²) in [5.74, 6) is -3.92. The van der Waals surface area contributed by atoms with Crippen molar-refractivity contribution in [2.45, 2.75) is 229 Å². The van der Waals surface area contributed by atoms with Crippen molar-refractivity contribution >= 4 is 84.3 Å². The van der Waals surface area contributed by atoms with Gasteiger partial charge in [0.1, 0.15) is 85.4 Å². The van der Waals surface area contributed by atoms with Crippen LogP contribution in [0.1, 0.15) is 158 Å². The number of amides is 2. The third-order valence-corrected chi connectivity index (χ3v) is 20.6. The number of anilines is 2. The fourth-order valence-electron chi connectivity index (χ4n) is 12.9. The molecule has 6 fully saturated rings. The number of esters is 2. The number of hydrogen-bond acceptors (Lipinski definition) is 23. The maximum absolute atomic E-state index is 13.6. The fraction of sp³-hybridized carbons (Fsp3) is 0.742. The van der Waals surface area contributed by atoms with Gasteiger partial charge in [-0.05, 0) is 183 Å². The molecular formula is C62H92Cl2N8O19P2. The molecule has 93 heavy (non-hydrogen) atoms. The van der Waals surface area contributed by atoms with Gasteiger partial charge in [0.05, 0.1) is 44.4 Å². The van der Waals surface area contributed by atoms with Crippen molar-refractivity contribution in [2.24, 2.45) is 0 Å². The van der Waals surface area contributed by atoms with Gasteiger partial charge in [0.15, 0.2) is 23.2 Å². The van der Waals surface area contributed by atoms with E-state index in [0.717, 1.165) is 51.4 Å². The average Bonchev–Trinajstić information content (AvgIpc) is 1.60. The SMILES string of the molecule is CCOC(=O)C(COC)(OC[C@H]1O[C@H](c2ccc3c(N(C(=O)OC(C)(C)C)C4CCCC4)nc(Cl)nn23)[C@@H]2OC(C)(C)O[C@@H]21)P(C)(C)=O.CCOC(=O)C(OC[C@H]1O[C@H](c2ccc3c(N(C(=O)OC(C)(C)C)C4CCCC4)nc(Cl)nn23)[C@@H]2OC(C)(C)O[C@@H]21)P(C)(C)=O. The highest BCUT2D eigenvalue weighted by Gasteiger charge is 2.60. The molecule has 4 saturated heterocycles. The van der Waals surface area contributed by atoms with Crippen molar-refractivity contribution in [1.82, 2.24) is 29.2 Å². The van der Waals surface area contributed by atoms with Crippen molar-refractivity contribution in [3.05, 3.63) is 46.2 Å². The van der Waals surface area contributed by atoms with Crippen molar-refractivity contribution in [3.8, 4) is 0 Å². The first-order valence-corrected chi connectivity index (χ1v) is 37.8. The van der Waals surface area contributed by atoms with E-state index in [1.165, 1.54) is 33.8 Å². The smallest absolute Gasteiger partial charge is 0.416 e. The lowest BCUT2D eigenvalue weighted by Crippen LogP contribution is -2.49. The van der Waals surface area contributed by atoms with Crippen LogP contribution >= 0.6 is 37.5 Å². The van der Waals surface area contributed by atoms with Crippen LogP contribution < -0.4 is 9.80 Å². The summed E-state index contributed by atoms with van der Waals surface area (Å²) in [5, 5.41) is 7.03. The van der Waals surface area contributed by atoms with Crippen LogP contribution in [0.4, 0.5) is 21.2 Å². The Bertz CT molecular complexity index is 3460. The van der Waals surface area contributed by atoms with Gasteiger partial charge in [0, 0.05) is 19.2 Å². The Morgan fingerprint density at radius 3 is 1.43 bits per heavy atom. The van der Waals surface area contributed by atoms with Crippen LogP contribution in [0.2, 0.25) is 10.6 Å². The number of rotatable bonds is 20. The second-order valence-corrected chi connectivity index (χ2v) is 35.3. The summed E-state index contributed by atoms with van der Waals surface area (Å²) >= 11 is 13.0. The molecule has 2 amide bonds. The summed E-state index contributed by atoms with van der Waals surface area (Å²) in [5.41, 5.74) is 0.830. The van der Waals surface area contributed by atoms with E-state index in [1.54, 1.807) is 46.5 Å². The third-order valence-electron chi connectivity index (χ3n) is 16.7. The Hall–Kier alpha value is -4.60. The zero-order valence-corrected chi connectivity index (χ0v) is 59.6. The van der Waals surface area contributed by atoms with Gasteiger partial charge in [-0.25, -0.2) is 28.2 Å². The van der Waals surface area contributed by atoms with Gasteiger partial charge in [-0.15, -0.1) is 10.2 Å². The first-order chi connectivity index (χ1) is 43.4. The predicted molar refractivity (Wildman–Crippen MR) is 343 cm³/mol. The molecule has 0 radical (unpaired) electrons. The van der Waals surface area contributed by atoms with E-state index in [4.69, 9.17) is 84.8 Å². The number of fused-ring (bicyclic) bond motifs is 4. The summed E-state index contributed by atoms with van der Waals surface area (Å²) in [4.78, 5) is 65.2. The molecule has 2 saturated carbocycles. The normalized spacial score (nSPS) is 25.7. The molecule has 4 aromatic heterocycles. The van der Waals surface area contributed by atoms with Crippen LogP contribution in [0.15, 0.2) is 24.3 Å². The molecule has 0 bridgehead atoms. The van der Waals surface area contributed by atoms with Crippen LogP contribution in [0, 0.1) is 0 Å². The topological polar surface area (TPSA) is 289 Å². The van der Waals surface area contributed by atoms with Gasteiger partial charge < -0.3 is 70.7 Å².